The number of rotatable bonds is 3. The molecule has 23 heavy (non-hydrogen) atoms. The lowest BCUT2D eigenvalue weighted by molar-refractivity contribution is -0.124. The Bertz CT molecular complexity index is 607. The molecule has 3 rings (SSSR count). The predicted octanol–water partition coefficient (Wildman–Crippen LogP) is 2.46. The number of aromatic nitrogens is 1. The number of thioether (sulfide) groups is 1. The van der Waals surface area contributed by atoms with Crippen LogP contribution in [0.1, 0.15) is 33.1 Å². The van der Waals surface area contributed by atoms with Crippen molar-refractivity contribution in [3.05, 3.63) is 18.3 Å². The molecule has 6 heteroatoms. The van der Waals surface area contributed by atoms with Crippen molar-refractivity contribution in [2.75, 3.05) is 17.2 Å². The molecule has 1 aromatic rings. The van der Waals surface area contributed by atoms with Gasteiger partial charge in [-0.1, -0.05) is 38.5 Å². The topological polar surface area (TPSA) is 62.3 Å². The van der Waals surface area contributed by atoms with Gasteiger partial charge in [-0.05, 0) is 30.4 Å². The molecule has 1 N–H and O–H groups in total. The van der Waals surface area contributed by atoms with Gasteiger partial charge in [0.2, 0.25) is 11.8 Å². The van der Waals surface area contributed by atoms with Gasteiger partial charge in [-0.25, -0.2) is 4.98 Å². The molecule has 0 unspecified atom stereocenters. The smallest absolute Gasteiger partial charge is 0.240 e. The summed E-state index contributed by atoms with van der Waals surface area (Å²) in [5, 5.41) is 3.96. The molecule has 1 aromatic heterocycles. The first-order valence-corrected chi connectivity index (χ1v) is 9.22. The first-order valence-electron chi connectivity index (χ1n) is 8.24. The minimum absolute atomic E-state index is 0.0317. The fraction of sp³-hybridized carbons (Fsp3) is 0.588. The van der Waals surface area contributed by atoms with Crippen molar-refractivity contribution in [3.63, 3.8) is 0 Å². The number of fused-ring (bicyclic) bond motifs is 1. The molecule has 5 nitrogen and oxygen atoms in total. The third-order valence-electron chi connectivity index (χ3n) is 5.03. The van der Waals surface area contributed by atoms with Crippen LogP contribution in [-0.4, -0.2) is 35.1 Å². The summed E-state index contributed by atoms with van der Waals surface area (Å²) in [7, 11) is 0. The maximum absolute atomic E-state index is 12.5. The summed E-state index contributed by atoms with van der Waals surface area (Å²) in [6.45, 7) is 4.53. The lowest BCUT2D eigenvalue weighted by Gasteiger charge is -2.35. The second-order valence-electron chi connectivity index (χ2n) is 6.54. The number of amides is 2. The van der Waals surface area contributed by atoms with Gasteiger partial charge in [0.1, 0.15) is 11.6 Å². The third kappa shape index (κ3) is 3.52. The summed E-state index contributed by atoms with van der Waals surface area (Å²) in [5.74, 6) is 1.34. The van der Waals surface area contributed by atoms with Crippen LogP contribution in [0.2, 0.25) is 0 Å². The Hall–Kier alpha value is -1.56. The largest absolute Gasteiger partial charge is 0.352 e. The summed E-state index contributed by atoms with van der Waals surface area (Å²) in [4.78, 5) is 30.5. The molecule has 0 spiro atoms. The molecule has 0 saturated heterocycles. The monoisotopic (exact) mass is 333 g/mol. The van der Waals surface area contributed by atoms with Crippen LogP contribution >= 0.6 is 11.8 Å². The normalized spacial score (nSPS) is 27.5. The highest BCUT2D eigenvalue weighted by Crippen LogP contribution is 2.33. The Kier molecular flexibility index (Phi) is 4.90. The lowest BCUT2D eigenvalue weighted by Crippen LogP contribution is -2.49. The Morgan fingerprint density at radius 2 is 2.26 bits per heavy atom. The van der Waals surface area contributed by atoms with Gasteiger partial charge < -0.3 is 5.32 Å². The molecule has 1 aliphatic heterocycles. The molecule has 1 aliphatic carbocycles. The van der Waals surface area contributed by atoms with Crippen molar-refractivity contribution >= 4 is 29.3 Å². The van der Waals surface area contributed by atoms with Crippen LogP contribution < -0.4 is 10.2 Å². The molecular weight excluding hydrogens is 310 g/mol. The van der Waals surface area contributed by atoms with Crippen molar-refractivity contribution in [3.8, 4) is 0 Å². The van der Waals surface area contributed by atoms with E-state index in [2.05, 4.69) is 24.1 Å². The van der Waals surface area contributed by atoms with E-state index >= 15 is 0 Å². The minimum atomic E-state index is -0.0778. The van der Waals surface area contributed by atoms with E-state index in [0.717, 1.165) is 23.6 Å². The number of anilines is 1. The SMILES string of the molecule is C[C@@H]1[C@H](C)CCC[C@@H]1NC(=O)CN1C(=O)CSc2ncccc21. The van der Waals surface area contributed by atoms with Gasteiger partial charge in [0.25, 0.3) is 0 Å². The zero-order valence-corrected chi connectivity index (χ0v) is 14.4. The number of carbonyl (C=O) groups is 2. The zero-order chi connectivity index (χ0) is 16.4. The fourth-order valence-corrected chi connectivity index (χ4v) is 4.27. The highest BCUT2D eigenvalue weighted by molar-refractivity contribution is 8.00. The summed E-state index contributed by atoms with van der Waals surface area (Å²) in [5.41, 5.74) is 0.744. The number of nitrogens with one attached hydrogen (secondary N) is 1. The van der Waals surface area contributed by atoms with Crippen LogP contribution in [0.5, 0.6) is 0 Å². The van der Waals surface area contributed by atoms with Crippen LogP contribution in [-0.2, 0) is 9.59 Å². The van der Waals surface area contributed by atoms with E-state index in [-0.39, 0.29) is 24.4 Å². The van der Waals surface area contributed by atoms with Crippen LogP contribution in [0.15, 0.2) is 23.4 Å². The Morgan fingerprint density at radius 3 is 3.09 bits per heavy atom. The van der Waals surface area contributed by atoms with E-state index in [1.165, 1.54) is 18.2 Å². The molecular formula is C17H23N3O2S. The summed E-state index contributed by atoms with van der Waals surface area (Å²) < 4.78 is 0. The van der Waals surface area contributed by atoms with Crippen molar-refractivity contribution < 1.29 is 9.59 Å². The maximum Gasteiger partial charge on any atom is 0.240 e. The average Bonchev–Trinajstić information content (AvgIpc) is 2.54. The van der Waals surface area contributed by atoms with Crippen molar-refractivity contribution in [2.24, 2.45) is 11.8 Å². The van der Waals surface area contributed by atoms with Gasteiger partial charge in [0, 0.05) is 12.2 Å². The molecule has 2 aliphatic rings. The second kappa shape index (κ2) is 6.91. The molecule has 2 amide bonds. The summed E-state index contributed by atoms with van der Waals surface area (Å²) in [6, 6.07) is 3.87. The quantitative estimate of drug-likeness (QED) is 0.923. The van der Waals surface area contributed by atoms with Crippen LogP contribution in [0.4, 0.5) is 5.69 Å². The van der Waals surface area contributed by atoms with E-state index in [1.807, 2.05) is 6.07 Å². The molecule has 0 radical (unpaired) electrons. The molecule has 2 heterocycles. The van der Waals surface area contributed by atoms with Crippen LogP contribution in [0.25, 0.3) is 0 Å². The van der Waals surface area contributed by atoms with Gasteiger partial charge in [0.05, 0.1) is 11.4 Å². The van der Waals surface area contributed by atoms with Gasteiger partial charge >= 0.3 is 0 Å². The van der Waals surface area contributed by atoms with Crippen LogP contribution in [0.3, 0.4) is 0 Å². The maximum atomic E-state index is 12.5. The number of carbonyl (C=O) groups excluding carboxylic acids is 2. The Balaban J connectivity index is 1.67. The number of nitrogens with zero attached hydrogens (tertiary/aromatic N) is 2. The highest BCUT2D eigenvalue weighted by Gasteiger charge is 2.31. The van der Waals surface area contributed by atoms with Gasteiger partial charge in [-0.3, -0.25) is 14.5 Å². The van der Waals surface area contributed by atoms with Gasteiger partial charge in [-0.15, -0.1) is 0 Å². The van der Waals surface area contributed by atoms with Gasteiger partial charge in [0.15, 0.2) is 0 Å². The zero-order valence-electron chi connectivity index (χ0n) is 13.6. The number of hydrogen-bond donors (Lipinski definition) is 1. The van der Waals surface area contributed by atoms with Gasteiger partial charge in [-0.2, -0.15) is 0 Å². The van der Waals surface area contributed by atoms with Crippen LogP contribution in [0, 0.1) is 11.8 Å². The lowest BCUT2D eigenvalue weighted by atomic mass is 9.78. The first kappa shape index (κ1) is 16.3. The van der Waals surface area contributed by atoms with E-state index in [4.69, 9.17) is 0 Å². The number of hydrogen-bond acceptors (Lipinski definition) is 4. The molecule has 3 atom stereocenters. The molecule has 1 saturated carbocycles. The summed E-state index contributed by atoms with van der Waals surface area (Å²) >= 11 is 1.43. The standard InChI is InChI=1S/C17H23N3O2S/c1-11-5-3-6-13(12(11)2)19-15(21)9-20-14-7-4-8-18-17(14)23-10-16(20)22/h4,7-8,11-13H,3,5-6,9-10H2,1-2H3,(H,19,21)/t11-,12-,13+/m1/s1. The summed E-state index contributed by atoms with van der Waals surface area (Å²) in [6.07, 6.45) is 5.13. The molecule has 1 fully saturated rings. The molecule has 124 valence electrons. The van der Waals surface area contributed by atoms with E-state index in [0.29, 0.717) is 17.6 Å². The van der Waals surface area contributed by atoms with E-state index in [9.17, 15) is 9.59 Å². The average molecular weight is 333 g/mol. The van der Waals surface area contributed by atoms with E-state index < -0.39 is 0 Å². The Morgan fingerprint density at radius 1 is 1.43 bits per heavy atom. The fourth-order valence-electron chi connectivity index (χ4n) is 3.40. The predicted molar refractivity (Wildman–Crippen MR) is 91.4 cm³/mol. The van der Waals surface area contributed by atoms with Crippen molar-refractivity contribution in [2.45, 2.75) is 44.2 Å². The Labute approximate surface area is 141 Å². The highest BCUT2D eigenvalue weighted by atomic mass is 32.2. The van der Waals surface area contributed by atoms with Crippen molar-refractivity contribution in [1.29, 1.82) is 0 Å². The van der Waals surface area contributed by atoms with E-state index in [1.54, 1.807) is 17.2 Å². The van der Waals surface area contributed by atoms with Crippen molar-refractivity contribution in [1.82, 2.24) is 10.3 Å². The first-order chi connectivity index (χ1) is 11.1. The molecule has 0 bridgehead atoms. The minimum Gasteiger partial charge on any atom is -0.352 e. The molecule has 0 aromatic carbocycles. The third-order valence-corrected chi connectivity index (χ3v) is 6.01. The number of pyridine rings is 1. The second-order valence-corrected chi connectivity index (χ2v) is 7.50.